The summed E-state index contributed by atoms with van der Waals surface area (Å²) in [5.74, 6) is -0.981. The van der Waals surface area contributed by atoms with Gasteiger partial charge in [0.15, 0.2) is 0 Å². The molecule has 4 nitrogen and oxygen atoms in total. The van der Waals surface area contributed by atoms with Gasteiger partial charge in [0.25, 0.3) is 0 Å². The Morgan fingerprint density at radius 2 is 2.41 bits per heavy atom. The Balaban J connectivity index is 0.000000249. The first-order valence-corrected chi connectivity index (χ1v) is 5.60. The lowest BCUT2D eigenvalue weighted by molar-refractivity contribution is -0.131. The van der Waals surface area contributed by atoms with E-state index in [1.807, 2.05) is 18.5 Å². The molecule has 1 N–H and O–H groups in total. The summed E-state index contributed by atoms with van der Waals surface area (Å²) in [7, 11) is 2.19. The van der Waals surface area contributed by atoms with Crippen LogP contribution in [0.5, 0.6) is 0 Å². The normalized spacial score (nSPS) is 19.2. The highest BCUT2D eigenvalue weighted by molar-refractivity contribution is 5.78. The molecule has 2 heterocycles. The average molecular weight is 234 g/mol. The number of carboxylic acid groups (broad SMARTS) is 1. The van der Waals surface area contributed by atoms with E-state index in [2.05, 4.69) is 29.6 Å². The molecule has 0 saturated carbocycles. The molecule has 0 bridgehead atoms. The summed E-state index contributed by atoms with van der Waals surface area (Å²) < 4.78 is 0. The van der Waals surface area contributed by atoms with Crippen LogP contribution in [0.1, 0.15) is 24.4 Å². The van der Waals surface area contributed by atoms with E-state index in [4.69, 9.17) is 5.11 Å². The van der Waals surface area contributed by atoms with Crippen LogP contribution >= 0.6 is 0 Å². The SMILES string of the molecule is C=CC(=O)O.CN1CCC[C@H]1c1cccnc1. The maximum Gasteiger partial charge on any atom is 0.327 e. The fraction of sp³-hybridized carbons (Fsp3) is 0.385. The number of aromatic nitrogens is 1. The van der Waals surface area contributed by atoms with Crippen molar-refractivity contribution in [1.82, 2.24) is 9.88 Å². The van der Waals surface area contributed by atoms with Crippen LogP contribution in [0.3, 0.4) is 0 Å². The number of carbonyl (C=O) groups is 1. The summed E-state index contributed by atoms with van der Waals surface area (Å²) in [6, 6.07) is 4.79. The Morgan fingerprint density at radius 3 is 2.82 bits per heavy atom. The van der Waals surface area contributed by atoms with Crippen LogP contribution in [0.2, 0.25) is 0 Å². The van der Waals surface area contributed by atoms with E-state index in [0.29, 0.717) is 6.04 Å². The zero-order chi connectivity index (χ0) is 12.7. The molecular formula is C13H18N2O2. The highest BCUT2D eigenvalue weighted by Gasteiger charge is 2.21. The molecule has 1 saturated heterocycles. The maximum absolute atomic E-state index is 9.25. The van der Waals surface area contributed by atoms with Crippen molar-refractivity contribution < 1.29 is 9.90 Å². The van der Waals surface area contributed by atoms with E-state index in [9.17, 15) is 4.79 Å². The highest BCUT2D eigenvalue weighted by atomic mass is 16.4. The molecule has 4 heteroatoms. The molecule has 1 aliphatic heterocycles. The molecule has 0 aliphatic carbocycles. The highest BCUT2D eigenvalue weighted by Crippen LogP contribution is 2.29. The van der Waals surface area contributed by atoms with Crippen molar-refractivity contribution in [2.75, 3.05) is 13.6 Å². The molecular weight excluding hydrogens is 216 g/mol. The number of aliphatic carboxylic acids is 1. The lowest BCUT2D eigenvalue weighted by Crippen LogP contribution is -2.17. The quantitative estimate of drug-likeness (QED) is 0.796. The van der Waals surface area contributed by atoms with Crippen molar-refractivity contribution in [3.8, 4) is 0 Å². The molecule has 0 amide bonds. The standard InChI is InChI=1S/C10H14N2.C3H4O2/c1-12-7-3-5-10(12)9-4-2-6-11-8-9;1-2-3(4)5/h2,4,6,8,10H,3,5,7H2,1H3;2H,1H2,(H,4,5)/t10-;/m0./s1. The molecule has 2 rings (SSSR count). The number of rotatable bonds is 2. The number of likely N-dealkylation sites (tertiary alicyclic amines) is 1. The Morgan fingerprint density at radius 1 is 1.71 bits per heavy atom. The number of nitrogens with zero attached hydrogens (tertiary/aromatic N) is 2. The molecule has 1 atom stereocenters. The van der Waals surface area contributed by atoms with E-state index in [1.54, 1.807) is 0 Å². The predicted octanol–water partition coefficient (Wildman–Crippen LogP) is 2.11. The second-order valence-electron chi connectivity index (χ2n) is 3.97. The van der Waals surface area contributed by atoms with Gasteiger partial charge in [0.2, 0.25) is 0 Å². The summed E-state index contributed by atoms with van der Waals surface area (Å²) in [4.78, 5) is 15.8. The summed E-state index contributed by atoms with van der Waals surface area (Å²) in [6.45, 7) is 4.18. The molecule has 1 aliphatic rings. The fourth-order valence-electron chi connectivity index (χ4n) is 1.90. The van der Waals surface area contributed by atoms with Crippen LogP contribution in [0.4, 0.5) is 0 Å². The fourth-order valence-corrected chi connectivity index (χ4v) is 1.90. The first-order chi connectivity index (χ1) is 8.15. The van der Waals surface area contributed by atoms with Gasteiger partial charge in [-0.2, -0.15) is 0 Å². The molecule has 0 aromatic carbocycles. The van der Waals surface area contributed by atoms with E-state index in [1.165, 1.54) is 24.9 Å². The molecule has 1 fully saturated rings. The van der Waals surface area contributed by atoms with Crippen molar-refractivity contribution in [3.63, 3.8) is 0 Å². The number of hydrogen-bond donors (Lipinski definition) is 1. The maximum atomic E-state index is 9.25. The van der Waals surface area contributed by atoms with Crippen LogP contribution < -0.4 is 0 Å². The molecule has 0 radical (unpaired) electrons. The van der Waals surface area contributed by atoms with Gasteiger partial charge in [0, 0.05) is 24.5 Å². The average Bonchev–Trinajstić information content (AvgIpc) is 2.77. The van der Waals surface area contributed by atoms with Gasteiger partial charge in [-0.1, -0.05) is 12.6 Å². The monoisotopic (exact) mass is 234 g/mol. The van der Waals surface area contributed by atoms with Crippen LogP contribution in [-0.4, -0.2) is 34.6 Å². The summed E-state index contributed by atoms with van der Waals surface area (Å²) >= 11 is 0. The lowest BCUT2D eigenvalue weighted by Gasteiger charge is -2.18. The summed E-state index contributed by atoms with van der Waals surface area (Å²) in [5, 5.41) is 7.60. The van der Waals surface area contributed by atoms with Gasteiger partial charge >= 0.3 is 5.97 Å². The molecule has 0 spiro atoms. The minimum absolute atomic E-state index is 0.610. The van der Waals surface area contributed by atoms with Gasteiger partial charge in [0.05, 0.1) is 0 Å². The van der Waals surface area contributed by atoms with Crippen molar-refractivity contribution in [1.29, 1.82) is 0 Å². The lowest BCUT2D eigenvalue weighted by atomic mass is 10.1. The van der Waals surface area contributed by atoms with E-state index >= 15 is 0 Å². The molecule has 92 valence electrons. The van der Waals surface area contributed by atoms with Gasteiger partial charge in [-0.15, -0.1) is 0 Å². The second-order valence-corrected chi connectivity index (χ2v) is 3.97. The minimum atomic E-state index is -0.981. The topological polar surface area (TPSA) is 53.4 Å². The van der Waals surface area contributed by atoms with Gasteiger partial charge in [0.1, 0.15) is 0 Å². The van der Waals surface area contributed by atoms with E-state index < -0.39 is 5.97 Å². The second kappa shape index (κ2) is 6.81. The van der Waals surface area contributed by atoms with Crippen LogP contribution in [0.25, 0.3) is 0 Å². The zero-order valence-corrected chi connectivity index (χ0v) is 10.0. The zero-order valence-electron chi connectivity index (χ0n) is 10.0. The molecule has 0 unspecified atom stereocenters. The Labute approximate surface area is 102 Å². The predicted molar refractivity (Wildman–Crippen MR) is 66.7 cm³/mol. The van der Waals surface area contributed by atoms with Crippen molar-refractivity contribution in [3.05, 3.63) is 42.7 Å². The summed E-state index contributed by atoms with van der Waals surface area (Å²) in [5.41, 5.74) is 1.36. The third kappa shape index (κ3) is 4.36. The van der Waals surface area contributed by atoms with Crippen molar-refractivity contribution in [2.45, 2.75) is 18.9 Å². The smallest absolute Gasteiger partial charge is 0.327 e. The first-order valence-electron chi connectivity index (χ1n) is 5.60. The first kappa shape index (κ1) is 13.4. The molecule has 17 heavy (non-hydrogen) atoms. The summed E-state index contributed by atoms with van der Waals surface area (Å²) in [6.07, 6.45) is 7.24. The third-order valence-electron chi connectivity index (χ3n) is 2.76. The van der Waals surface area contributed by atoms with Gasteiger partial charge < -0.3 is 5.11 Å². The Bertz CT molecular complexity index is 365. The third-order valence-corrected chi connectivity index (χ3v) is 2.76. The molecule has 1 aromatic heterocycles. The number of hydrogen-bond acceptors (Lipinski definition) is 3. The van der Waals surface area contributed by atoms with Crippen molar-refractivity contribution >= 4 is 5.97 Å². The van der Waals surface area contributed by atoms with Crippen LogP contribution in [-0.2, 0) is 4.79 Å². The Kier molecular flexibility index (Phi) is 5.36. The minimum Gasteiger partial charge on any atom is -0.478 e. The van der Waals surface area contributed by atoms with Gasteiger partial charge in [-0.05, 0) is 38.1 Å². The molecule has 1 aromatic rings. The van der Waals surface area contributed by atoms with Crippen LogP contribution in [0.15, 0.2) is 37.2 Å². The largest absolute Gasteiger partial charge is 0.478 e. The van der Waals surface area contributed by atoms with E-state index in [-0.39, 0.29) is 0 Å². The Hall–Kier alpha value is -1.68. The van der Waals surface area contributed by atoms with Crippen LogP contribution in [0, 0.1) is 0 Å². The van der Waals surface area contributed by atoms with Gasteiger partial charge in [-0.25, -0.2) is 4.79 Å². The van der Waals surface area contributed by atoms with E-state index in [0.717, 1.165) is 6.08 Å². The van der Waals surface area contributed by atoms with Gasteiger partial charge in [-0.3, -0.25) is 9.88 Å². The number of carboxylic acids is 1. The number of pyridine rings is 1. The van der Waals surface area contributed by atoms with Crippen molar-refractivity contribution in [2.24, 2.45) is 0 Å².